The molecule has 0 aromatic heterocycles. The van der Waals surface area contributed by atoms with E-state index in [4.69, 9.17) is 9.47 Å². The number of ether oxygens (including phenoxy) is 2. The number of allylic oxidation sites excluding steroid dienone is 2. The van der Waals surface area contributed by atoms with Crippen LogP contribution in [0.1, 0.15) is 61.3 Å². The van der Waals surface area contributed by atoms with Crippen molar-refractivity contribution >= 4 is 11.5 Å². The SMILES string of the molecule is CCOC(=O)C[C@H]1OC2=C(CC(c3ccccc3)CC2)c2ccccc21. The molecule has 0 bridgehead atoms. The highest BCUT2D eigenvalue weighted by Crippen LogP contribution is 2.48. The maximum Gasteiger partial charge on any atom is 0.309 e. The summed E-state index contributed by atoms with van der Waals surface area (Å²) < 4.78 is 11.4. The van der Waals surface area contributed by atoms with Crippen LogP contribution in [0.15, 0.2) is 60.4 Å². The average Bonchev–Trinajstić information content (AvgIpc) is 2.69. The van der Waals surface area contributed by atoms with E-state index in [2.05, 4.69) is 48.5 Å². The van der Waals surface area contributed by atoms with E-state index in [1.807, 2.05) is 13.0 Å². The van der Waals surface area contributed by atoms with Gasteiger partial charge in [-0.15, -0.1) is 0 Å². The summed E-state index contributed by atoms with van der Waals surface area (Å²) in [5, 5.41) is 0. The first-order chi connectivity index (χ1) is 12.8. The van der Waals surface area contributed by atoms with Crippen LogP contribution in [0.3, 0.4) is 0 Å². The summed E-state index contributed by atoms with van der Waals surface area (Å²) in [6.45, 7) is 2.24. The molecule has 0 radical (unpaired) electrons. The molecule has 134 valence electrons. The lowest BCUT2D eigenvalue weighted by atomic mass is 9.78. The molecule has 2 aromatic rings. The van der Waals surface area contributed by atoms with E-state index in [1.54, 1.807) is 0 Å². The molecule has 1 heterocycles. The van der Waals surface area contributed by atoms with Crippen LogP contribution in [0.5, 0.6) is 0 Å². The fraction of sp³-hybridized carbons (Fsp3) is 0.348. The van der Waals surface area contributed by atoms with Gasteiger partial charge in [0.1, 0.15) is 11.9 Å². The van der Waals surface area contributed by atoms with Gasteiger partial charge in [-0.3, -0.25) is 4.79 Å². The van der Waals surface area contributed by atoms with Gasteiger partial charge in [0.15, 0.2) is 0 Å². The van der Waals surface area contributed by atoms with Gasteiger partial charge in [0, 0.05) is 12.0 Å². The Balaban J connectivity index is 1.63. The second kappa shape index (κ2) is 7.36. The third-order valence-corrected chi connectivity index (χ3v) is 5.35. The average molecular weight is 348 g/mol. The first kappa shape index (κ1) is 16.9. The van der Waals surface area contributed by atoms with Gasteiger partial charge in [-0.1, -0.05) is 54.6 Å². The van der Waals surface area contributed by atoms with E-state index in [-0.39, 0.29) is 18.5 Å². The predicted octanol–water partition coefficient (Wildman–Crippen LogP) is 5.39. The summed E-state index contributed by atoms with van der Waals surface area (Å²) in [5.41, 5.74) is 5.04. The van der Waals surface area contributed by atoms with Crippen molar-refractivity contribution in [2.45, 2.75) is 44.6 Å². The lowest BCUT2D eigenvalue weighted by molar-refractivity contribution is -0.145. The zero-order valence-corrected chi connectivity index (χ0v) is 15.1. The molecule has 1 aliphatic heterocycles. The fourth-order valence-corrected chi connectivity index (χ4v) is 4.13. The van der Waals surface area contributed by atoms with Gasteiger partial charge >= 0.3 is 5.97 Å². The van der Waals surface area contributed by atoms with Gasteiger partial charge in [-0.2, -0.15) is 0 Å². The van der Waals surface area contributed by atoms with E-state index in [9.17, 15) is 4.79 Å². The third-order valence-electron chi connectivity index (χ3n) is 5.35. The minimum atomic E-state index is -0.239. The summed E-state index contributed by atoms with van der Waals surface area (Å²) >= 11 is 0. The summed E-state index contributed by atoms with van der Waals surface area (Å²) in [5.74, 6) is 1.38. The Morgan fingerprint density at radius 1 is 1.12 bits per heavy atom. The van der Waals surface area contributed by atoms with Crippen molar-refractivity contribution in [2.24, 2.45) is 0 Å². The first-order valence-electron chi connectivity index (χ1n) is 9.44. The molecule has 0 saturated heterocycles. The van der Waals surface area contributed by atoms with Crippen molar-refractivity contribution in [3.05, 3.63) is 77.0 Å². The highest BCUT2D eigenvalue weighted by Gasteiger charge is 2.33. The molecular formula is C23H24O3. The van der Waals surface area contributed by atoms with Crippen LogP contribution in [0, 0.1) is 0 Å². The van der Waals surface area contributed by atoms with E-state index in [0.717, 1.165) is 30.6 Å². The van der Waals surface area contributed by atoms with E-state index < -0.39 is 0 Å². The zero-order valence-electron chi connectivity index (χ0n) is 15.1. The van der Waals surface area contributed by atoms with Gasteiger partial charge in [0.25, 0.3) is 0 Å². The monoisotopic (exact) mass is 348 g/mol. The summed E-state index contributed by atoms with van der Waals surface area (Å²) in [7, 11) is 0. The second-order valence-electron chi connectivity index (χ2n) is 6.96. The Labute approximate surface area is 154 Å². The fourth-order valence-electron chi connectivity index (χ4n) is 4.13. The minimum Gasteiger partial charge on any atom is -0.489 e. The molecule has 26 heavy (non-hydrogen) atoms. The van der Waals surface area contributed by atoms with Crippen molar-refractivity contribution in [1.82, 2.24) is 0 Å². The third kappa shape index (κ3) is 3.26. The summed E-state index contributed by atoms with van der Waals surface area (Å²) in [6.07, 6.45) is 3.02. The molecule has 2 aliphatic rings. The quantitative estimate of drug-likeness (QED) is 0.695. The number of carbonyl (C=O) groups excluding carboxylic acids is 1. The Kier molecular flexibility index (Phi) is 4.79. The molecule has 0 fully saturated rings. The number of rotatable bonds is 4. The topological polar surface area (TPSA) is 35.5 Å². The van der Waals surface area contributed by atoms with Crippen molar-refractivity contribution in [1.29, 1.82) is 0 Å². The maximum absolute atomic E-state index is 12.0. The number of hydrogen-bond donors (Lipinski definition) is 0. The van der Waals surface area contributed by atoms with E-state index >= 15 is 0 Å². The van der Waals surface area contributed by atoms with Crippen molar-refractivity contribution in [3.63, 3.8) is 0 Å². The Morgan fingerprint density at radius 3 is 2.69 bits per heavy atom. The normalized spacial score (nSPS) is 21.4. The lowest BCUT2D eigenvalue weighted by Crippen LogP contribution is -2.21. The second-order valence-corrected chi connectivity index (χ2v) is 6.96. The molecule has 2 aromatic carbocycles. The van der Waals surface area contributed by atoms with Crippen LogP contribution in [0.25, 0.3) is 5.57 Å². The Bertz CT molecular complexity index is 822. The molecule has 0 saturated carbocycles. The standard InChI is InChI=1S/C23H24O3/c1-2-25-23(24)15-22-19-11-7-6-10-18(19)20-14-17(12-13-21(20)26-22)16-8-4-3-5-9-16/h3-11,17,22H,2,12-15H2,1H3/t17?,22-/m1/s1. The molecule has 0 N–H and O–H groups in total. The summed E-state index contributed by atoms with van der Waals surface area (Å²) in [6, 6.07) is 19.1. The Morgan fingerprint density at radius 2 is 1.88 bits per heavy atom. The lowest BCUT2D eigenvalue weighted by Gasteiger charge is -2.35. The van der Waals surface area contributed by atoms with Crippen LogP contribution in [-0.2, 0) is 14.3 Å². The number of carbonyl (C=O) groups is 1. The minimum absolute atomic E-state index is 0.200. The van der Waals surface area contributed by atoms with Crippen LogP contribution in [0.4, 0.5) is 0 Å². The van der Waals surface area contributed by atoms with Gasteiger partial charge in [0.05, 0.1) is 13.0 Å². The van der Waals surface area contributed by atoms with Crippen LogP contribution in [-0.4, -0.2) is 12.6 Å². The van der Waals surface area contributed by atoms with Crippen LogP contribution < -0.4 is 0 Å². The van der Waals surface area contributed by atoms with Gasteiger partial charge in [-0.25, -0.2) is 0 Å². The number of benzene rings is 2. The molecular weight excluding hydrogens is 324 g/mol. The van der Waals surface area contributed by atoms with Gasteiger partial charge in [0.2, 0.25) is 0 Å². The molecule has 4 rings (SSSR count). The molecule has 0 spiro atoms. The van der Waals surface area contributed by atoms with Crippen LogP contribution >= 0.6 is 0 Å². The van der Waals surface area contributed by atoms with Gasteiger partial charge in [-0.05, 0) is 42.4 Å². The molecule has 1 aliphatic carbocycles. The van der Waals surface area contributed by atoms with Crippen molar-refractivity contribution in [3.8, 4) is 0 Å². The molecule has 3 heteroatoms. The molecule has 3 nitrogen and oxygen atoms in total. The predicted molar refractivity (Wildman–Crippen MR) is 101 cm³/mol. The van der Waals surface area contributed by atoms with Gasteiger partial charge < -0.3 is 9.47 Å². The molecule has 2 atom stereocenters. The zero-order chi connectivity index (χ0) is 17.9. The smallest absolute Gasteiger partial charge is 0.309 e. The number of esters is 1. The molecule has 1 unspecified atom stereocenters. The maximum atomic E-state index is 12.0. The van der Waals surface area contributed by atoms with Crippen molar-refractivity contribution < 1.29 is 14.3 Å². The van der Waals surface area contributed by atoms with E-state index in [0.29, 0.717) is 12.5 Å². The van der Waals surface area contributed by atoms with Crippen LogP contribution in [0.2, 0.25) is 0 Å². The van der Waals surface area contributed by atoms with E-state index in [1.165, 1.54) is 16.7 Å². The highest BCUT2D eigenvalue weighted by molar-refractivity contribution is 5.76. The molecule has 0 amide bonds. The first-order valence-corrected chi connectivity index (χ1v) is 9.44. The van der Waals surface area contributed by atoms with Crippen molar-refractivity contribution in [2.75, 3.05) is 6.61 Å². The Hall–Kier alpha value is -2.55. The largest absolute Gasteiger partial charge is 0.489 e. The summed E-state index contributed by atoms with van der Waals surface area (Å²) in [4.78, 5) is 12.0. The number of hydrogen-bond acceptors (Lipinski definition) is 3. The number of fused-ring (bicyclic) bond motifs is 2. The highest BCUT2D eigenvalue weighted by atomic mass is 16.5.